The lowest BCUT2D eigenvalue weighted by molar-refractivity contribution is 0.0732. The summed E-state index contributed by atoms with van der Waals surface area (Å²) >= 11 is 0. The number of amides is 1. The van der Waals surface area contributed by atoms with Crippen molar-refractivity contribution < 1.29 is 9.42 Å². The summed E-state index contributed by atoms with van der Waals surface area (Å²) in [5.74, 6) is -0.0290. The Morgan fingerprint density at radius 2 is 2.10 bits per heavy atom. The Morgan fingerprint density at radius 3 is 2.86 bits per heavy atom. The number of fused-ring (bicyclic) bond motifs is 1. The SMILES string of the molecule is Cc1nonc1[C@@H]1CCCN1C(=O)c1cc(-c2cnn(C)c2)nc2ccccc12. The lowest BCUT2D eigenvalue weighted by Gasteiger charge is -2.24. The number of pyridine rings is 1. The zero-order valence-corrected chi connectivity index (χ0v) is 16.2. The molecule has 1 fully saturated rings. The van der Waals surface area contributed by atoms with Gasteiger partial charge < -0.3 is 4.90 Å². The highest BCUT2D eigenvalue weighted by Gasteiger charge is 2.34. The molecule has 0 N–H and O–H groups in total. The van der Waals surface area contributed by atoms with E-state index in [4.69, 9.17) is 9.61 Å². The predicted molar refractivity (Wildman–Crippen MR) is 106 cm³/mol. The van der Waals surface area contributed by atoms with Crippen molar-refractivity contribution in [3.05, 3.63) is 59.7 Å². The van der Waals surface area contributed by atoms with Gasteiger partial charge in [-0.2, -0.15) is 5.10 Å². The van der Waals surface area contributed by atoms with Crippen molar-refractivity contribution in [3.8, 4) is 11.3 Å². The van der Waals surface area contributed by atoms with Gasteiger partial charge in [-0.05, 0) is 31.9 Å². The van der Waals surface area contributed by atoms with Crippen molar-refractivity contribution in [2.45, 2.75) is 25.8 Å². The molecule has 3 aromatic heterocycles. The molecule has 8 heteroatoms. The topological polar surface area (TPSA) is 89.9 Å². The number of rotatable bonds is 3. The molecule has 0 spiro atoms. The Morgan fingerprint density at radius 1 is 1.24 bits per heavy atom. The van der Waals surface area contributed by atoms with Gasteiger partial charge in [0.2, 0.25) is 0 Å². The third-order valence-electron chi connectivity index (χ3n) is 5.46. The monoisotopic (exact) mass is 388 g/mol. The summed E-state index contributed by atoms with van der Waals surface area (Å²) in [6.45, 7) is 2.53. The van der Waals surface area contributed by atoms with Crippen LogP contribution < -0.4 is 0 Å². The second-order valence-electron chi connectivity index (χ2n) is 7.37. The molecule has 5 rings (SSSR count). The van der Waals surface area contributed by atoms with Gasteiger partial charge in [-0.25, -0.2) is 9.61 Å². The lowest BCUT2D eigenvalue weighted by atomic mass is 10.0. The highest BCUT2D eigenvalue weighted by molar-refractivity contribution is 6.07. The van der Waals surface area contributed by atoms with Gasteiger partial charge in [0.15, 0.2) is 0 Å². The largest absolute Gasteiger partial charge is 0.330 e. The van der Waals surface area contributed by atoms with Crippen LogP contribution in [0.5, 0.6) is 0 Å². The average molecular weight is 388 g/mol. The van der Waals surface area contributed by atoms with Crippen molar-refractivity contribution in [2.24, 2.45) is 7.05 Å². The van der Waals surface area contributed by atoms with Crippen LogP contribution in [-0.4, -0.2) is 42.4 Å². The molecule has 1 amide bonds. The van der Waals surface area contributed by atoms with E-state index in [2.05, 4.69) is 15.4 Å². The molecule has 1 saturated heterocycles. The second kappa shape index (κ2) is 6.80. The molecule has 146 valence electrons. The van der Waals surface area contributed by atoms with Crippen molar-refractivity contribution in [1.82, 2.24) is 30.0 Å². The van der Waals surface area contributed by atoms with Crippen molar-refractivity contribution in [1.29, 1.82) is 0 Å². The van der Waals surface area contributed by atoms with Crippen LogP contribution in [0.4, 0.5) is 0 Å². The summed E-state index contributed by atoms with van der Waals surface area (Å²) in [4.78, 5) is 20.3. The molecule has 0 aliphatic carbocycles. The van der Waals surface area contributed by atoms with E-state index in [0.29, 0.717) is 12.1 Å². The lowest BCUT2D eigenvalue weighted by Crippen LogP contribution is -2.31. The van der Waals surface area contributed by atoms with Crippen LogP contribution in [0.1, 0.15) is 40.6 Å². The molecular weight excluding hydrogens is 368 g/mol. The van der Waals surface area contributed by atoms with E-state index in [9.17, 15) is 4.79 Å². The Bertz CT molecular complexity index is 1210. The summed E-state index contributed by atoms with van der Waals surface area (Å²) in [6.07, 6.45) is 5.42. The first-order valence-electron chi connectivity index (χ1n) is 9.60. The first-order chi connectivity index (χ1) is 14.1. The fourth-order valence-corrected chi connectivity index (χ4v) is 4.04. The quantitative estimate of drug-likeness (QED) is 0.535. The number of benzene rings is 1. The van der Waals surface area contributed by atoms with Gasteiger partial charge in [-0.15, -0.1) is 0 Å². The fourth-order valence-electron chi connectivity index (χ4n) is 4.04. The molecule has 1 aromatic carbocycles. The maximum Gasteiger partial charge on any atom is 0.255 e. The Hall–Kier alpha value is -3.55. The van der Waals surface area contributed by atoms with Crippen LogP contribution in [0.2, 0.25) is 0 Å². The number of aryl methyl sites for hydroxylation is 2. The summed E-state index contributed by atoms with van der Waals surface area (Å²) in [5, 5.41) is 13.0. The van der Waals surface area contributed by atoms with E-state index in [1.165, 1.54) is 0 Å². The van der Waals surface area contributed by atoms with E-state index >= 15 is 0 Å². The van der Waals surface area contributed by atoms with Gasteiger partial charge in [0.1, 0.15) is 11.4 Å². The number of nitrogens with zero attached hydrogens (tertiary/aromatic N) is 6. The van der Waals surface area contributed by atoms with Gasteiger partial charge in [-0.3, -0.25) is 9.48 Å². The zero-order chi connectivity index (χ0) is 20.0. The first-order valence-corrected chi connectivity index (χ1v) is 9.60. The van der Waals surface area contributed by atoms with E-state index in [-0.39, 0.29) is 11.9 Å². The minimum Gasteiger partial charge on any atom is -0.330 e. The first kappa shape index (κ1) is 17.5. The number of carbonyl (C=O) groups is 1. The normalized spacial score (nSPS) is 16.6. The van der Waals surface area contributed by atoms with E-state index in [1.54, 1.807) is 10.9 Å². The second-order valence-corrected chi connectivity index (χ2v) is 7.37. The van der Waals surface area contributed by atoms with Gasteiger partial charge in [-0.1, -0.05) is 28.5 Å². The molecule has 0 unspecified atom stereocenters. The number of carbonyl (C=O) groups excluding carboxylic acids is 1. The standard InChI is InChI=1S/C21H20N6O2/c1-13-20(25-29-24-13)19-8-5-9-27(19)21(28)16-10-18(14-11-22-26(2)12-14)23-17-7-4-3-6-15(16)17/h3-4,6-7,10-12,19H,5,8-9H2,1-2H3/t19-/m0/s1. The molecule has 8 nitrogen and oxygen atoms in total. The van der Waals surface area contributed by atoms with Crippen LogP contribution in [0.25, 0.3) is 22.2 Å². The predicted octanol–water partition coefficient (Wildman–Crippen LogP) is 3.30. The number of likely N-dealkylation sites (tertiary alicyclic amines) is 1. The van der Waals surface area contributed by atoms with Crippen molar-refractivity contribution in [2.75, 3.05) is 6.54 Å². The maximum absolute atomic E-state index is 13.7. The van der Waals surface area contributed by atoms with Gasteiger partial charge >= 0.3 is 0 Å². The molecule has 29 heavy (non-hydrogen) atoms. The summed E-state index contributed by atoms with van der Waals surface area (Å²) in [7, 11) is 1.86. The third-order valence-corrected chi connectivity index (χ3v) is 5.46. The van der Waals surface area contributed by atoms with Crippen LogP contribution in [-0.2, 0) is 7.05 Å². The number of hydrogen-bond donors (Lipinski definition) is 0. The van der Waals surface area contributed by atoms with Gasteiger partial charge in [0, 0.05) is 30.7 Å². The number of hydrogen-bond acceptors (Lipinski definition) is 6. The van der Waals surface area contributed by atoms with E-state index in [0.717, 1.165) is 46.4 Å². The van der Waals surface area contributed by atoms with Crippen LogP contribution in [0.3, 0.4) is 0 Å². The summed E-state index contributed by atoms with van der Waals surface area (Å²) < 4.78 is 6.61. The number of para-hydroxylation sites is 1. The highest BCUT2D eigenvalue weighted by atomic mass is 16.6. The molecule has 1 aliphatic rings. The fraction of sp³-hybridized carbons (Fsp3) is 0.286. The van der Waals surface area contributed by atoms with Gasteiger partial charge in [0.05, 0.1) is 29.0 Å². The van der Waals surface area contributed by atoms with Crippen molar-refractivity contribution >= 4 is 16.8 Å². The van der Waals surface area contributed by atoms with Crippen molar-refractivity contribution in [3.63, 3.8) is 0 Å². The minimum atomic E-state index is -0.123. The third kappa shape index (κ3) is 2.97. The van der Waals surface area contributed by atoms with E-state index in [1.807, 2.05) is 55.4 Å². The average Bonchev–Trinajstić information content (AvgIpc) is 3.47. The molecule has 0 saturated carbocycles. The Balaban J connectivity index is 1.62. The summed E-state index contributed by atoms with van der Waals surface area (Å²) in [6, 6.07) is 9.47. The Labute approximate surface area is 167 Å². The molecular formula is C21H20N6O2. The highest BCUT2D eigenvalue weighted by Crippen LogP contribution is 2.35. The van der Waals surface area contributed by atoms with E-state index < -0.39 is 0 Å². The molecule has 0 radical (unpaired) electrons. The molecule has 1 atom stereocenters. The maximum atomic E-state index is 13.7. The molecule has 0 bridgehead atoms. The zero-order valence-electron chi connectivity index (χ0n) is 16.2. The Kier molecular flexibility index (Phi) is 4.12. The molecule has 1 aliphatic heterocycles. The number of aromatic nitrogens is 5. The minimum absolute atomic E-state index is 0.0290. The van der Waals surface area contributed by atoms with Gasteiger partial charge in [0.25, 0.3) is 5.91 Å². The van der Waals surface area contributed by atoms with Crippen LogP contribution in [0.15, 0.2) is 47.4 Å². The molecule has 4 aromatic rings. The molecule has 4 heterocycles. The van der Waals surface area contributed by atoms with Crippen LogP contribution in [0, 0.1) is 6.92 Å². The smallest absolute Gasteiger partial charge is 0.255 e. The summed E-state index contributed by atoms with van der Waals surface area (Å²) in [5.41, 5.74) is 4.49. The van der Waals surface area contributed by atoms with Crippen LogP contribution >= 0.6 is 0 Å².